The Labute approximate surface area is 287 Å². The monoisotopic (exact) mass is 672 g/mol. The van der Waals surface area contributed by atoms with Gasteiger partial charge < -0.3 is 18.9 Å². The predicted molar refractivity (Wildman–Crippen MR) is 178 cm³/mol. The second kappa shape index (κ2) is 11.9. The Hall–Kier alpha value is -2.29. The van der Waals surface area contributed by atoms with Crippen LogP contribution in [0.3, 0.4) is 0 Å². The highest BCUT2D eigenvalue weighted by molar-refractivity contribution is 6.10. The molecule has 48 heavy (non-hydrogen) atoms. The summed E-state index contributed by atoms with van der Waals surface area (Å²) >= 11 is 0. The summed E-state index contributed by atoms with van der Waals surface area (Å²) in [7, 11) is 0. The van der Waals surface area contributed by atoms with Crippen molar-refractivity contribution in [1.29, 1.82) is 0 Å². The molecule has 0 aromatic heterocycles. The molecule has 0 amide bonds. The fourth-order valence-electron chi connectivity index (χ4n) is 11.4. The van der Waals surface area contributed by atoms with E-state index < -0.39 is 41.1 Å². The Morgan fingerprint density at radius 1 is 0.854 bits per heavy atom. The van der Waals surface area contributed by atoms with Crippen molar-refractivity contribution in [3.05, 3.63) is 0 Å². The lowest BCUT2D eigenvalue weighted by Crippen LogP contribution is -2.67. The number of ketones is 2. The summed E-state index contributed by atoms with van der Waals surface area (Å²) in [5.41, 5.74) is -4.13. The highest BCUT2D eigenvalue weighted by Gasteiger charge is 2.72. The van der Waals surface area contributed by atoms with Gasteiger partial charge in [0.05, 0.1) is 12.0 Å². The molecule has 9 atom stereocenters. The summed E-state index contributed by atoms with van der Waals surface area (Å²) in [5.74, 6) is -1.75. The van der Waals surface area contributed by atoms with E-state index in [4.69, 9.17) is 18.9 Å². The molecule has 1 heterocycles. The number of rotatable bonds is 8. The number of carbonyl (C=O) groups is 5. The Morgan fingerprint density at radius 2 is 1.50 bits per heavy atom. The van der Waals surface area contributed by atoms with Gasteiger partial charge in [0.1, 0.15) is 11.5 Å². The Bertz CT molecular complexity index is 1350. The summed E-state index contributed by atoms with van der Waals surface area (Å²) in [5, 5.41) is 0. The first-order valence-electron chi connectivity index (χ1n) is 18.3. The van der Waals surface area contributed by atoms with Gasteiger partial charge in [-0.2, -0.15) is 0 Å². The molecule has 0 radical (unpaired) electrons. The Kier molecular flexibility index (Phi) is 9.17. The van der Waals surface area contributed by atoms with Crippen LogP contribution >= 0.6 is 0 Å². The molecule has 0 N–H and O–H groups in total. The lowest BCUT2D eigenvalue weighted by atomic mass is 9.33. The standard InChI is InChI=1S/C39H60O9/c1-23(2)39(21-47-39)28(41)20-38(32(44)46-22-45-31(43)33(4,5)6)19-18-36(10)25(30(38)42)12-13-27-35(9)16-15-29(48-24(3)40)34(7,8)26(35)14-17-37(27,36)11/h23,25-27,29H,12-22H2,1-11H3/t25-,26+,27-,29+,35+,36-,37-,38-,39?/m1/s1. The van der Waals surface area contributed by atoms with Crippen LogP contribution in [0.1, 0.15) is 134 Å². The molecule has 5 aliphatic rings. The number of ether oxygens (including phenoxy) is 4. The minimum Gasteiger partial charge on any atom is -0.462 e. The minimum atomic E-state index is -1.66. The zero-order chi connectivity index (χ0) is 35.9. The van der Waals surface area contributed by atoms with Gasteiger partial charge in [-0.25, -0.2) is 0 Å². The Balaban J connectivity index is 1.44. The lowest BCUT2D eigenvalue weighted by Gasteiger charge is -2.71. The van der Waals surface area contributed by atoms with Gasteiger partial charge in [-0.15, -0.1) is 0 Å². The van der Waals surface area contributed by atoms with E-state index in [2.05, 4.69) is 34.6 Å². The molecule has 1 aliphatic heterocycles. The van der Waals surface area contributed by atoms with Gasteiger partial charge in [0.15, 0.2) is 17.2 Å². The zero-order valence-electron chi connectivity index (χ0n) is 31.3. The molecule has 9 nitrogen and oxygen atoms in total. The maximum absolute atomic E-state index is 15.0. The van der Waals surface area contributed by atoms with Gasteiger partial charge in [-0.1, -0.05) is 48.5 Å². The number of carbonyl (C=O) groups excluding carboxylic acids is 5. The molecule has 270 valence electrons. The second-order valence-electron chi connectivity index (χ2n) is 18.7. The van der Waals surface area contributed by atoms with Crippen LogP contribution in [-0.2, 0) is 42.9 Å². The van der Waals surface area contributed by atoms with Gasteiger partial charge >= 0.3 is 17.9 Å². The van der Waals surface area contributed by atoms with Crippen molar-refractivity contribution >= 4 is 29.5 Å². The van der Waals surface area contributed by atoms with Crippen LogP contribution in [0, 0.1) is 56.2 Å². The van der Waals surface area contributed by atoms with E-state index in [0.29, 0.717) is 24.7 Å². The highest BCUT2D eigenvalue weighted by Crippen LogP contribution is 2.74. The molecule has 1 unspecified atom stereocenters. The van der Waals surface area contributed by atoms with Gasteiger partial charge in [0.25, 0.3) is 0 Å². The maximum atomic E-state index is 15.0. The normalized spacial score (nSPS) is 41.7. The molecule has 4 saturated carbocycles. The van der Waals surface area contributed by atoms with E-state index in [1.165, 1.54) is 6.92 Å². The van der Waals surface area contributed by atoms with Crippen LogP contribution in [0.5, 0.6) is 0 Å². The third kappa shape index (κ3) is 5.47. The highest BCUT2D eigenvalue weighted by atomic mass is 16.7. The van der Waals surface area contributed by atoms with Crippen LogP contribution < -0.4 is 0 Å². The van der Waals surface area contributed by atoms with Crippen molar-refractivity contribution in [1.82, 2.24) is 0 Å². The summed E-state index contributed by atoms with van der Waals surface area (Å²) in [6.07, 6.45) is 5.62. The summed E-state index contributed by atoms with van der Waals surface area (Å²) in [6.45, 7) is 21.7. The fraction of sp³-hybridized carbons (Fsp3) is 0.872. The van der Waals surface area contributed by atoms with Gasteiger partial charge in [0, 0.05) is 24.7 Å². The lowest BCUT2D eigenvalue weighted by molar-refractivity contribution is -0.237. The molecule has 0 aromatic carbocycles. The van der Waals surface area contributed by atoms with Gasteiger partial charge in [-0.3, -0.25) is 24.0 Å². The van der Waals surface area contributed by atoms with E-state index in [9.17, 15) is 19.2 Å². The Morgan fingerprint density at radius 3 is 2.06 bits per heavy atom. The number of hydrogen-bond donors (Lipinski definition) is 0. The van der Waals surface area contributed by atoms with E-state index in [1.807, 2.05) is 13.8 Å². The van der Waals surface area contributed by atoms with Crippen LogP contribution in [0.25, 0.3) is 0 Å². The molecule has 0 bridgehead atoms. The fourth-order valence-corrected chi connectivity index (χ4v) is 11.4. The third-order valence-electron chi connectivity index (χ3n) is 14.7. The van der Waals surface area contributed by atoms with Crippen molar-refractivity contribution in [2.24, 2.45) is 56.2 Å². The molecule has 0 aromatic rings. The summed E-state index contributed by atoms with van der Waals surface area (Å²) in [6, 6.07) is 0. The zero-order valence-corrected chi connectivity index (χ0v) is 31.3. The van der Waals surface area contributed by atoms with Crippen molar-refractivity contribution in [2.75, 3.05) is 13.4 Å². The molecule has 4 aliphatic carbocycles. The summed E-state index contributed by atoms with van der Waals surface area (Å²) < 4.78 is 22.4. The van der Waals surface area contributed by atoms with Crippen molar-refractivity contribution in [3.8, 4) is 0 Å². The molecular weight excluding hydrogens is 612 g/mol. The molecule has 5 rings (SSSR count). The largest absolute Gasteiger partial charge is 0.462 e. The number of Topliss-reactive ketones (excluding diaryl/α,β-unsaturated/α-hetero) is 2. The maximum Gasteiger partial charge on any atom is 0.322 e. The first kappa shape index (κ1) is 37.0. The van der Waals surface area contributed by atoms with E-state index in [-0.39, 0.29) is 70.7 Å². The first-order valence-corrected chi connectivity index (χ1v) is 18.3. The molecular formula is C39H60O9. The molecule has 0 spiro atoms. The van der Waals surface area contributed by atoms with E-state index in [1.54, 1.807) is 20.8 Å². The van der Waals surface area contributed by atoms with Crippen molar-refractivity contribution < 1.29 is 42.9 Å². The van der Waals surface area contributed by atoms with Gasteiger partial charge in [-0.05, 0) is 106 Å². The van der Waals surface area contributed by atoms with Crippen molar-refractivity contribution in [3.63, 3.8) is 0 Å². The average Bonchev–Trinajstić information content (AvgIpc) is 3.79. The number of esters is 3. The van der Waals surface area contributed by atoms with Crippen LogP contribution in [0.4, 0.5) is 0 Å². The van der Waals surface area contributed by atoms with E-state index >= 15 is 4.79 Å². The number of hydrogen-bond acceptors (Lipinski definition) is 9. The number of fused-ring (bicyclic) bond motifs is 5. The topological polar surface area (TPSA) is 126 Å². The molecule has 9 heteroatoms. The van der Waals surface area contributed by atoms with Gasteiger partial charge in [0.2, 0.25) is 6.79 Å². The first-order chi connectivity index (χ1) is 22.0. The summed E-state index contributed by atoms with van der Waals surface area (Å²) in [4.78, 5) is 67.4. The quantitative estimate of drug-likeness (QED) is 0.116. The third-order valence-corrected chi connectivity index (χ3v) is 14.7. The SMILES string of the molecule is CC(=O)O[C@H]1CC[C@]2(C)[C@H]3CC[C@@H]4C(=O)[C@@](CC(=O)C5(C(C)C)CO5)(C(=O)OCOC(=O)C(C)(C)C)CC[C@@]4(C)[C@]3(C)CC[C@H]2C1(C)C. The second-order valence-corrected chi connectivity index (χ2v) is 18.7. The number of epoxide rings is 1. The average molecular weight is 673 g/mol. The smallest absolute Gasteiger partial charge is 0.322 e. The van der Waals surface area contributed by atoms with E-state index in [0.717, 1.165) is 32.1 Å². The molecule has 1 saturated heterocycles. The van der Waals surface area contributed by atoms with Crippen LogP contribution in [0.2, 0.25) is 0 Å². The van der Waals surface area contributed by atoms with Crippen LogP contribution in [-0.4, -0.2) is 54.6 Å². The molecule has 5 fully saturated rings. The van der Waals surface area contributed by atoms with Crippen LogP contribution in [0.15, 0.2) is 0 Å². The minimum absolute atomic E-state index is 0.0114. The van der Waals surface area contributed by atoms with Crippen molar-refractivity contribution in [2.45, 2.75) is 146 Å². The predicted octanol–water partition coefficient (Wildman–Crippen LogP) is 7.02.